The van der Waals surface area contributed by atoms with Crippen molar-refractivity contribution in [1.29, 1.82) is 0 Å². The predicted octanol–water partition coefficient (Wildman–Crippen LogP) is 2.89. The highest BCUT2D eigenvalue weighted by Gasteiger charge is 2.42. The van der Waals surface area contributed by atoms with Crippen LogP contribution in [0, 0.1) is 0 Å². The van der Waals surface area contributed by atoms with Crippen LogP contribution in [0.5, 0.6) is 5.75 Å². The smallest absolute Gasteiger partial charge is 0.364 e. The number of fused-ring (bicyclic) bond motifs is 1. The van der Waals surface area contributed by atoms with Crippen LogP contribution in [-0.4, -0.2) is 27.6 Å². The molecule has 0 fully saturated rings. The lowest BCUT2D eigenvalue weighted by Gasteiger charge is -2.27. The number of primary sulfonamides is 1. The van der Waals surface area contributed by atoms with Gasteiger partial charge in [0.25, 0.3) is 0 Å². The molecule has 1 aliphatic rings. The minimum atomic E-state index is -4.00. The Bertz CT molecular complexity index is 980. The molecular formula is C17H19ClN3O4S2+. The van der Waals surface area contributed by atoms with Crippen molar-refractivity contribution < 1.29 is 17.9 Å². The van der Waals surface area contributed by atoms with Crippen LogP contribution in [0.1, 0.15) is 13.8 Å². The number of anilines is 1. The molecule has 10 heteroatoms. The molecule has 1 heterocycles. The number of nitrogens with one attached hydrogen (secondary N) is 1. The minimum Gasteiger partial charge on any atom is -0.494 e. The summed E-state index contributed by atoms with van der Waals surface area (Å²) < 4.78 is 32.2. The molecule has 3 rings (SSSR count). The van der Waals surface area contributed by atoms with Gasteiger partial charge in [-0.2, -0.15) is 0 Å². The fourth-order valence-electron chi connectivity index (χ4n) is 2.76. The highest BCUT2D eigenvalue weighted by molar-refractivity contribution is 7.96. The van der Waals surface area contributed by atoms with E-state index in [1.807, 2.05) is 26.0 Å². The van der Waals surface area contributed by atoms with Crippen LogP contribution in [0.4, 0.5) is 10.5 Å². The minimum absolute atomic E-state index is 0.0142. The zero-order chi connectivity index (χ0) is 19.8. The van der Waals surface area contributed by atoms with Crippen molar-refractivity contribution in [1.82, 2.24) is 4.72 Å². The predicted molar refractivity (Wildman–Crippen MR) is 106 cm³/mol. The summed E-state index contributed by atoms with van der Waals surface area (Å²) in [6.45, 7) is 4.67. The first-order valence-electron chi connectivity index (χ1n) is 8.18. The molecule has 2 amide bonds. The van der Waals surface area contributed by atoms with Crippen LogP contribution in [0.2, 0.25) is 5.02 Å². The number of hydrogen-bond donors (Lipinski definition) is 2. The number of nitrogens with zero attached hydrogens (tertiary/aromatic N) is 1. The summed E-state index contributed by atoms with van der Waals surface area (Å²) >= 11 is 5.26. The number of benzene rings is 2. The van der Waals surface area contributed by atoms with Crippen LogP contribution in [-0.2, 0) is 21.1 Å². The molecular weight excluding hydrogens is 410 g/mol. The third-order valence-corrected chi connectivity index (χ3v) is 7.22. The Hall–Kier alpha value is -1.94. The standard InChI is InChI=1S/C17H18ClN3O4S2/c1-3-21-14-9-13(18)16(27(19,23)24)10-15(14)26(20-17(21)22)12-7-5-11(6-8-12)25-4-2/h5-10H,3-4H2,1-2H3,(H2-,19,20,22,23,24)/p+1. The zero-order valence-corrected chi connectivity index (χ0v) is 17.1. The normalized spacial score (nSPS) is 16.7. The summed E-state index contributed by atoms with van der Waals surface area (Å²) in [4.78, 5) is 15.3. The topological polar surface area (TPSA) is 102 Å². The quantitative estimate of drug-likeness (QED) is 0.715. The molecule has 2 aromatic rings. The van der Waals surface area contributed by atoms with Gasteiger partial charge in [0.15, 0.2) is 16.0 Å². The van der Waals surface area contributed by atoms with Crippen LogP contribution in [0.3, 0.4) is 0 Å². The molecule has 0 saturated heterocycles. The fourth-order valence-corrected chi connectivity index (χ4v) is 5.72. The highest BCUT2D eigenvalue weighted by Crippen LogP contribution is 2.39. The molecule has 0 radical (unpaired) electrons. The van der Waals surface area contributed by atoms with Gasteiger partial charge in [-0.25, -0.2) is 18.4 Å². The van der Waals surface area contributed by atoms with Crippen LogP contribution >= 0.6 is 11.6 Å². The van der Waals surface area contributed by atoms with Gasteiger partial charge in [-0.05, 0) is 44.2 Å². The maximum absolute atomic E-state index is 12.5. The summed E-state index contributed by atoms with van der Waals surface area (Å²) in [6, 6.07) is 9.93. The number of carbonyl (C=O) groups excluding carboxylic acids is 1. The molecule has 27 heavy (non-hydrogen) atoms. The van der Waals surface area contributed by atoms with Crippen molar-refractivity contribution in [3.63, 3.8) is 0 Å². The fraction of sp³-hybridized carbons (Fsp3) is 0.235. The largest absolute Gasteiger partial charge is 0.494 e. The van der Waals surface area contributed by atoms with Gasteiger partial charge in [0.1, 0.15) is 16.3 Å². The Morgan fingerprint density at radius 2 is 1.89 bits per heavy atom. The van der Waals surface area contributed by atoms with E-state index in [9.17, 15) is 13.2 Å². The number of hydrogen-bond acceptors (Lipinski definition) is 4. The lowest BCUT2D eigenvalue weighted by molar-refractivity contribution is 0.251. The van der Waals surface area contributed by atoms with Gasteiger partial charge < -0.3 is 4.74 Å². The number of halogens is 1. The number of rotatable bonds is 5. The Morgan fingerprint density at radius 3 is 2.44 bits per heavy atom. The lowest BCUT2D eigenvalue weighted by Crippen LogP contribution is -2.47. The maximum atomic E-state index is 12.5. The van der Waals surface area contributed by atoms with Crippen molar-refractivity contribution in [2.24, 2.45) is 5.14 Å². The highest BCUT2D eigenvalue weighted by atomic mass is 35.5. The van der Waals surface area contributed by atoms with E-state index in [2.05, 4.69) is 4.72 Å². The molecule has 0 bridgehead atoms. The van der Waals surface area contributed by atoms with Crippen molar-refractivity contribution in [2.45, 2.75) is 28.5 Å². The molecule has 0 spiro atoms. The van der Waals surface area contributed by atoms with Crippen LogP contribution in [0.25, 0.3) is 0 Å². The van der Waals surface area contributed by atoms with Gasteiger partial charge in [0.05, 0.1) is 11.6 Å². The van der Waals surface area contributed by atoms with Crippen molar-refractivity contribution >= 4 is 44.4 Å². The number of amides is 2. The summed E-state index contributed by atoms with van der Waals surface area (Å²) in [5.74, 6) is 0.713. The van der Waals surface area contributed by atoms with Crippen molar-refractivity contribution in [2.75, 3.05) is 18.1 Å². The number of urea groups is 1. The third-order valence-electron chi connectivity index (χ3n) is 3.95. The average Bonchev–Trinajstić information content (AvgIpc) is 2.60. The number of sulfonamides is 1. The lowest BCUT2D eigenvalue weighted by atomic mass is 10.3. The number of carbonyl (C=O) groups is 1. The van der Waals surface area contributed by atoms with Gasteiger partial charge in [-0.15, -0.1) is 4.72 Å². The maximum Gasteiger partial charge on any atom is 0.364 e. The van der Waals surface area contributed by atoms with E-state index in [0.29, 0.717) is 29.5 Å². The zero-order valence-electron chi connectivity index (χ0n) is 14.7. The number of nitrogens with two attached hydrogens (primary N) is 1. The van der Waals surface area contributed by atoms with Gasteiger partial charge in [0.2, 0.25) is 14.9 Å². The second-order valence-corrected chi connectivity index (χ2v) is 9.32. The first kappa shape index (κ1) is 19.8. The van der Waals surface area contributed by atoms with E-state index < -0.39 is 21.1 Å². The van der Waals surface area contributed by atoms with Gasteiger partial charge >= 0.3 is 6.03 Å². The van der Waals surface area contributed by atoms with Gasteiger partial charge in [-0.3, -0.25) is 4.90 Å². The molecule has 3 N–H and O–H groups in total. The molecule has 0 saturated carbocycles. The average molecular weight is 429 g/mol. The Kier molecular flexibility index (Phi) is 5.57. The van der Waals surface area contributed by atoms with E-state index in [0.717, 1.165) is 4.90 Å². The summed E-state index contributed by atoms with van der Waals surface area (Å²) in [5, 5.41) is 5.28. The molecule has 144 valence electrons. The van der Waals surface area contributed by atoms with Crippen molar-refractivity contribution in [3.8, 4) is 5.75 Å². The van der Waals surface area contributed by atoms with E-state index in [-0.39, 0.29) is 15.9 Å². The number of ether oxygens (including phenoxy) is 1. The monoisotopic (exact) mass is 428 g/mol. The Labute approximate surface area is 166 Å². The van der Waals surface area contributed by atoms with Crippen molar-refractivity contribution in [3.05, 3.63) is 41.4 Å². The first-order valence-corrected chi connectivity index (χ1v) is 11.3. The van der Waals surface area contributed by atoms with Crippen LogP contribution < -0.4 is 19.5 Å². The molecule has 0 aromatic heterocycles. The summed E-state index contributed by atoms with van der Waals surface area (Å²) in [5.41, 5.74) is 0.566. The Balaban J connectivity index is 2.16. The molecule has 1 atom stereocenters. The van der Waals surface area contributed by atoms with E-state index >= 15 is 0 Å². The molecule has 1 aliphatic heterocycles. The third kappa shape index (κ3) is 3.86. The second kappa shape index (κ2) is 7.59. The molecule has 7 nitrogen and oxygen atoms in total. The molecule has 1 unspecified atom stereocenters. The second-order valence-electron chi connectivity index (χ2n) is 5.66. The van der Waals surface area contributed by atoms with Crippen LogP contribution in [0.15, 0.2) is 51.1 Å². The summed E-state index contributed by atoms with van der Waals surface area (Å²) in [6.07, 6.45) is 0. The SMILES string of the molecule is CCOc1ccc([S+]2NC(=O)N(CC)c3cc(Cl)c(S(N)(=O)=O)cc32)cc1. The summed E-state index contributed by atoms with van der Waals surface area (Å²) in [7, 11) is -4.00. The molecule has 0 aliphatic carbocycles. The van der Waals surface area contributed by atoms with E-state index in [4.69, 9.17) is 21.5 Å². The van der Waals surface area contributed by atoms with E-state index in [1.165, 1.54) is 17.0 Å². The first-order chi connectivity index (χ1) is 12.8. The Morgan fingerprint density at radius 1 is 1.22 bits per heavy atom. The van der Waals surface area contributed by atoms with Gasteiger partial charge in [0, 0.05) is 12.6 Å². The molecule has 2 aromatic carbocycles. The van der Waals surface area contributed by atoms with E-state index in [1.54, 1.807) is 12.1 Å². The van der Waals surface area contributed by atoms with Gasteiger partial charge in [-0.1, -0.05) is 11.6 Å².